The van der Waals surface area contributed by atoms with Crippen LogP contribution in [0.15, 0.2) is 30.0 Å². The van der Waals surface area contributed by atoms with E-state index in [1.54, 1.807) is 23.9 Å². The maximum atomic E-state index is 11.9. The molecule has 1 aliphatic heterocycles. The van der Waals surface area contributed by atoms with E-state index in [1.165, 1.54) is 0 Å². The maximum absolute atomic E-state index is 11.9. The number of hydrogen-bond donors (Lipinski definition) is 0. The Bertz CT molecular complexity index is 565. The van der Waals surface area contributed by atoms with Crippen LogP contribution in [0.5, 0.6) is 0 Å². The number of hydrogen-bond acceptors (Lipinski definition) is 4. The second-order valence-electron chi connectivity index (χ2n) is 3.70. The van der Waals surface area contributed by atoms with Crippen molar-refractivity contribution >= 4 is 50.8 Å². The van der Waals surface area contributed by atoms with Crippen LogP contribution in [-0.4, -0.2) is 21.4 Å². The summed E-state index contributed by atoms with van der Waals surface area (Å²) >= 11 is 3.70. The van der Waals surface area contributed by atoms with Gasteiger partial charge in [-0.3, -0.25) is 9.59 Å². The van der Waals surface area contributed by atoms with Crippen LogP contribution in [0.4, 0.5) is 0 Å². The molecule has 0 saturated carbocycles. The molecule has 0 bridgehead atoms. The zero-order chi connectivity index (χ0) is 12.0. The highest BCUT2D eigenvalue weighted by Gasteiger charge is 2.37. The quantitative estimate of drug-likeness (QED) is 0.406. The van der Waals surface area contributed by atoms with Gasteiger partial charge in [-0.2, -0.15) is 0 Å². The first-order chi connectivity index (χ1) is 8.18. The van der Waals surface area contributed by atoms with Gasteiger partial charge in [0.2, 0.25) is 5.78 Å². The van der Waals surface area contributed by atoms with Gasteiger partial charge < -0.3 is 4.74 Å². The van der Waals surface area contributed by atoms with Gasteiger partial charge >= 0.3 is 0 Å². The molecule has 0 saturated heterocycles. The molecule has 17 heavy (non-hydrogen) atoms. The Kier molecular flexibility index (Phi) is 2.74. The Morgan fingerprint density at radius 1 is 1.18 bits per heavy atom. The molecule has 1 unspecified atom stereocenters. The number of halogens is 1. The van der Waals surface area contributed by atoms with Crippen molar-refractivity contribution in [2.45, 2.75) is 4.11 Å². The van der Waals surface area contributed by atoms with Crippen molar-refractivity contribution in [1.82, 2.24) is 0 Å². The lowest BCUT2D eigenvalue weighted by Gasteiger charge is -2.27. The zero-order valence-corrected chi connectivity index (χ0v) is 11.6. The standard InChI is InChI=1S/C12H7IO3S/c13-8-5-17-12-7-4-2-1-3-6(7)9(14)10(15)11(12)16-8/h1-4,8H,5H2. The molecule has 3 rings (SSSR count). The lowest BCUT2D eigenvalue weighted by molar-refractivity contribution is -0.115. The predicted octanol–water partition coefficient (Wildman–Crippen LogP) is 2.65. The molecule has 0 amide bonds. The van der Waals surface area contributed by atoms with Crippen LogP contribution >= 0.6 is 34.4 Å². The molecule has 0 radical (unpaired) electrons. The molecule has 0 N–H and O–H groups in total. The number of ketones is 2. The second kappa shape index (κ2) is 4.13. The van der Waals surface area contributed by atoms with E-state index in [2.05, 4.69) is 22.6 Å². The van der Waals surface area contributed by atoms with E-state index in [9.17, 15) is 9.59 Å². The van der Waals surface area contributed by atoms with Gasteiger partial charge in [0, 0.05) is 16.9 Å². The molecule has 0 spiro atoms. The number of carbonyl (C=O) groups is 2. The van der Waals surface area contributed by atoms with Gasteiger partial charge in [0.25, 0.3) is 5.78 Å². The van der Waals surface area contributed by atoms with Crippen LogP contribution in [0.2, 0.25) is 0 Å². The highest BCUT2D eigenvalue weighted by Crippen LogP contribution is 2.42. The van der Waals surface area contributed by atoms with E-state index < -0.39 is 11.6 Å². The Hall–Kier alpha value is -0.820. The second-order valence-corrected chi connectivity index (χ2v) is 6.12. The van der Waals surface area contributed by atoms with E-state index in [4.69, 9.17) is 4.74 Å². The molecule has 0 aromatic heterocycles. The number of thioether (sulfide) groups is 1. The molecular weight excluding hydrogens is 351 g/mol. The van der Waals surface area contributed by atoms with Gasteiger partial charge in [-0.15, -0.1) is 11.8 Å². The summed E-state index contributed by atoms with van der Waals surface area (Å²) in [6.45, 7) is 0. The summed E-state index contributed by atoms with van der Waals surface area (Å²) in [5.74, 6) is 0.0252. The van der Waals surface area contributed by atoms with Crippen molar-refractivity contribution in [3.05, 3.63) is 41.2 Å². The number of carbonyl (C=O) groups excluding carboxylic acids is 2. The first-order valence-electron chi connectivity index (χ1n) is 5.04. The Balaban J connectivity index is 2.23. The number of allylic oxidation sites excluding steroid dienone is 1. The number of ether oxygens (including phenoxy) is 1. The van der Waals surface area contributed by atoms with Gasteiger partial charge in [-0.25, -0.2) is 0 Å². The summed E-state index contributed by atoms with van der Waals surface area (Å²) in [4.78, 5) is 24.6. The molecule has 0 fully saturated rings. The summed E-state index contributed by atoms with van der Waals surface area (Å²) in [6.07, 6.45) is 0. The highest BCUT2D eigenvalue weighted by molar-refractivity contribution is 14.1. The number of fused-ring (bicyclic) bond motifs is 2. The molecule has 2 aliphatic rings. The fourth-order valence-corrected chi connectivity index (χ4v) is 3.66. The molecule has 1 aromatic rings. The van der Waals surface area contributed by atoms with E-state index in [0.717, 1.165) is 16.2 Å². The van der Waals surface area contributed by atoms with Gasteiger partial charge in [0.05, 0.1) is 4.91 Å². The molecule has 1 heterocycles. The molecule has 3 nitrogen and oxygen atoms in total. The lowest BCUT2D eigenvalue weighted by atomic mass is 9.94. The fourth-order valence-electron chi connectivity index (χ4n) is 1.89. The van der Waals surface area contributed by atoms with E-state index >= 15 is 0 Å². The molecule has 1 aromatic carbocycles. The topological polar surface area (TPSA) is 43.4 Å². The molecule has 1 aliphatic carbocycles. The third-order valence-electron chi connectivity index (χ3n) is 2.64. The van der Waals surface area contributed by atoms with Gasteiger partial charge in [-0.05, 0) is 22.6 Å². The largest absolute Gasteiger partial charge is 0.474 e. The summed E-state index contributed by atoms with van der Waals surface area (Å²) in [5, 5.41) is 0. The summed E-state index contributed by atoms with van der Waals surface area (Å²) in [5.41, 5.74) is 1.31. The molecule has 5 heteroatoms. The summed E-state index contributed by atoms with van der Waals surface area (Å²) < 4.78 is 5.45. The van der Waals surface area contributed by atoms with Crippen molar-refractivity contribution in [2.75, 3.05) is 5.75 Å². The van der Waals surface area contributed by atoms with Gasteiger partial charge in [-0.1, -0.05) is 24.3 Å². The van der Waals surface area contributed by atoms with Crippen LogP contribution in [-0.2, 0) is 9.53 Å². The number of benzene rings is 1. The third kappa shape index (κ3) is 1.72. The van der Waals surface area contributed by atoms with Crippen molar-refractivity contribution in [3.8, 4) is 0 Å². The zero-order valence-electron chi connectivity index (χ0n) is 8.60. The predicted molar refractivity (Wildman–Crippen MR) is 74.1 cm³/mol. The number of Topliss-reactive ketones (excluding diaryl/α,β-unsaturated/α-hetero) is 2. The normalized spacial score (nSPS) is 23.0. The van der Waals surface area contributed by atoms with Crippen LogP contribution in [0, 0.1) is 0 Å². The summed E-state index contributed by atoms with van der Waals surface area (Å²) in [7, 11) is 0. The Labute approximate surface area is 116 Å². The lowest BCUT2D eigenvalue weighted by Crippen LogP contribution is -2.29. The average molecular weight is 358 g/mol. The van der Waals surface area contributed by atoms with Crippen molar-refractivity contribution in [3.63, 3.8) is 0 Å². The molecular formula is C12H7IO3S. The fraction of sp³-hybridized carbons (Fsp3) is 0.167. The van der Waals surface area contributed by atoms with E-state index in [1.807, 2.05) is 12.1 Å². The molecule has 86 valence electrons. The Morgan fingerprint density at radius 3 is 2.65 bits per heavy atom. The molecule has 1 atom stereocenters. The minimum absolute atomic E-state index is 0.0571. The average Bonchev–Trinajstić information content (AvgIpc) is 2.36. The summed E-state index contributed by atoms with van der Waals surface area (Å²) in [6, 6.07) is 7.18. The van der Waals surface area contributed by atoms with Crippen LogP contribution < -0.4 is 0 Å². The van der Waals surface area contributed by atoms with Gasteiger partial charge in [0.1, 0.15) is 0 Å². The first kappa shape index (κ1) is 11.3. The minimum atomic E-state index is -0.521. The number of rotatable bonds is 0. The Morgan fingerprint density at radius 2 is 1.88 bits per heavy atom. The van der Waals surface area contributed by atoms with Crippen LogP contribution in [0.3, 0.4) is 0 Å². The highest BCUT2D eigenvalue weighted by atomic mass is 127. The monoisotopic (exact) mass is 358 g/mol. The smallest absolute Gasteiger partial charge is 0.269 e. The third-order valence-corrected chi connectivity index (χ3v) is 5.10. The SMILES string of the molecule is O=C1C(=O)c2ccccc2C2=C1OC(I)CS2. The van der Waals surface area contributed by atoms with Crippen LogP contribution in [0.25, 0.3) is 4.91 Å². The van der Waals surface area contributed by atoms with Crippen molar-refractivity contribution < 1.29 is 14.3 Å². The number of alkyl halides is 1. The van der Waals surface area contributed by atoms with Crippen molar-refractivity contribution in [2.24, 2.45) is 0 Å². The maximum Gasteiger partial charge on any atom is 0.269 e. The van der Waals surface area contributed by atoms with E-state index in [-0.39, 0.29) is 9.87 Å². The first-order valence-corrected chi connectivity index (χ1v) is 7.28. The van der Waals surface area contributed by atoms with Crippen molar-refractivity contribution in [1.29, 1.82) is 0 Å². The minimum Gasteiger partial charge on any atom is -0.474 e. The van der Waals surface area contributed by atoms with E-state index in [0.29, 0.717) is 5.56 Å². The van der Waals surface area contributed by atoms with Crippen LogP contribution in [0.1, 0.15) is 15.9 Å². The van der Waals surface area contributed by atoms with Gasteiger partial charge in [0.15, 0.2) is 9.87 Å².